The Kier molecular flexibility index (Phi) is 4.58. The quantitative estimate of drug-likeness (QED) is 0.645. The van der Waals surface area contributed by atoms with E-state index in [2.05, 4.69) is 34.4 Å². The van der Waals surface area contributed by atoms with E-state index >= 15 is 0 Å². The second kappa shape index (κ2) is 7.19. The van der Waals surface area contributed by atoms with Crippen molar-refractivity contribution in [1.29, 1.82) is 0 Å². The maximum Gasteiger partial charge on any atom is 0.315 e. The Hall–Kier alpha value is -3.22. The molecule has 0 aliphatic carbocycles. The van der Waals surface area contributed by atoms with Crippen molar-refractivity contribution in [3.05, 3.63) is 53.9 Å². The van der Waals surface area contributed by atoms with Gasteiger partial charge in [-0.05, 0) is 35.7 Å². The Bertz CT molecular complexity index is 934. The molecule has 1 aliphatic rings. The summed E-state index contributed by atoms with van der Waals surface area (Å²) in [5.74, 6) is 2.37. The highest BCUT2D eigenvalue weighted by Gasteiger charge is 2.22. The van der Waals surface area contributed by atoms with Crippen LogP contribution in [-0.4, -0.2) is 22.8 Å². The van der Waals surface area contributed by atoms with Crippen LogP contribution in [0.4, 0.5) is 4.79 Å². The van der Waals surface area contributed by atoms with E-state index in [4.69, 9.17) is 9.47 Å². The molecule has 2 aromatic carbocycles. The molecule has 0 saturated carbocycles. The lowest BCUT2D eigenvalue weighted by Crippen LogP contribution is -2.39. The van der Waals surface area contributed by atoms with Gasteiger partial charge >= 0.3 is 6.03 Å². The number of rotatable bonds is 5. The zero-order valence-electron chi connectivity index (χ0n) is 15.3. The number of hydrogen-bond acceptors (Lipinski definition) is 4. The second-order valence-electron chi connectivity index (χ2n) is 6.88. The van der Waals surface area contributed by atoms with Gasteiger partial charge in [0.1, 0.15) is 5.82 Å². The number of imidazole rings is 1. The lowest BCUT2D eigenvalue weighted by atomic mass is 10.0. The lowest BCUT2D eigenvalue weighted by molar-refractivity contribution is 0.174. The molecule has 1 aliphatic heterocycles. The van der Waals surface area contributed by atoms with Crippen LogP contribution in [0, 0.1) is 5.92 Å². The molecule has 1 atom stereocenters. The highest BCUT2D eigenvalue weighted by atomic mass is 16.7. The third-order valence-electron chi connectivity index (χ3n) is 4.55. The molecule has 3 N–H and O–H groups in total. The number of ether oxygens (including phenoxy) is 2. The zero-order chi connectivity index (χ0) is 18.8. The first-order valence-corrected chi connectivity index (χ1v) is 8.97. The number of nitrogens with zero attached hydrogens (tertiary/aromatic N) is 1. The minimum absolute atomic E-state index is 0.182. The Morgan fingerprint density at radius 2 is 2.00 bits per heavy atom. The van der Waals surface area contributed by atoms with Gasteiger partial charge in [0.2, 0.25) is 6.79 Å². The third-order valence-corrected chi connectivity index (χ3v) is 4.55. The first-order chi connectivity index (χ1) is 13.1. The fraction of sp³-hybridized carbons (Fsp3) is 0.300. The smallest absolute Gasteiger partial charge is 0.315 e. The van der Waals surface area contributed by atoms with Gasteiger partial charge in [0.25, 0.3) is 0 Å². The number of urea groups is 1. The summed E-state index contributed by atoms with van der Waals surface area (Å²) in [6.45, 7) is 4.74. The van der Waals surface area contributed by atoms with Crippen molar-refractivity contribution in [3.63, 3.8) is 0 Å². The first-order valence-electron chi connectivity index (χ1n) is 8.97. The normalized spacial score (nSPS) is 13.7. The molecule has 27 heavy (non-hydrogen) atoms. The highest BCUT2D eigenvalue weighted by Crippen LogP contribution is 2.32. The lowest BCUT2D eigenvalue weighted by Gasteiger charge is -2.20. The van der Waals surface area contributed by atoms with Crippen molar-refractivity contribution in [1.82, 2.24) is 20.6 Å². The molecule has 0 bridgehead atoms. The number of carbonyl (C=O) groups is 1. The molecule has 2 amide bonds. The fourth-order valence-electron chi connectivity index (χ4n) is 3.10. The first kappa shape index (κ1) is 17.2. The SMILES string of the molecule is CC(C)[C@H](NC(=O)NCc1ccc2c(c1)OCO2)c1nc2ccccc2[nH]1. The van der Waals surface area contributed by atoms with Crippen molar-refractivity contribution in [2.45, 2.75) is 26.4 Å². The predicted molar refractivity (Wildman–Crippen MR) is 102 cm³/mol. The highest BCUT2D eigenvalue weighted by molar-refractivity contribution is 5.76. The van der Waals surface area contributed by atoms with Crippen LogP contribution in [0.1, 0.15) is 31.3 Å². The Labute approximate surface area is 157 Å². The molecule has 7 heteroatoms. The maximum absolute atomic E-state index is 12.4. The summed E-state index contributed by atoms with van der Waals surface area (Å²) < 4.78 is 10.7. The number of aromatic nitrogens is 2. The summed E-state index contributed by atoms with van der Waals surface area (Å²) in [6.07, 6.45) is 0. The van der Waals surface area contributed by atoms with Crippen molar-refractivity contribution in [2.75, 3.05) is 6.79 Å². The van der Waals surface area contributed by atoms with E-state index in [1.54, 1.807) is 0 Å². The van der Waals surface area contributed by atoms with Gasteiger partial charge in [0.15, 0.2) is 11.5 Å². The number of amides is 2. The van der Waals surface area contributed by atoms with Gasteiger partial charge in [0.05, 0.1) is 17.1 Å². The number of hydrogen-bond donors (Lipinski definition) is 3. The summed E-state index contributed by atoms with van der Waals surface area (Å²) in [5.41, 5.74) is 2.79. The molecule has 0 radical (unpaired) electrons. The van der Waals surface area contributed by atoms with E-state index in [-0.39, 0.29) is 24.8 Å². The summed E-state index contributed by atoms with van der Waals surface area (Å²) in [7, 11) is 0. The van der Waals surface area contributed by atoms with Gasteiger partial charge < -0.3 is 25.1 Å². The average molecular weight is 366 g/mol. The van der Waals surface area contributed by atoms with E-state index in [1.807, 2.05) is 42.5 Å². The number of fused-ring (bicyclic) bond motifs is 2. The molecular formula is C20H22N4O3. The van der Waals surface area contributed by atoms with Crippen LogP contribution < -0.4 is 20.1 Å². The van der Waals surface area contributed by atoms with Crippen LogP contribution in [0.2, 0.25) is 0 Å². The third kappa shape index (κ3) is 3.67. The average Bonchev–Trinajstić information content (AvgIpc) is 3.29. The van der Waals surface area contributed by atoms with Crippen LogP contribution in [0.25, 0.3) is 11.0 Å². The van der Waals surface area contributed by atoms with E-state index in [0.29, 0.717) is 12.3 Å². The molecule has 3 aromatic rings. The van der Waals surface area contributed by atoms with E-state index in [9.17, 15) is 4.79 Å². The van der Waals surface area contributed by atoms with Crippen molar-refractivity contribution < 1.29 is 14.3 Å². The molecular weight excluding hydrogens is 344 g/mol. The largest absolute Gasteiger partial charge is 0.454 e. The van der Waals surface area contributed by atoms with E-state index in [1.165, 1.54) is 0 Å². The Morgan fingerprint density at radius 3 is 2.81 bits per heavy atom. The zero-order valence-corrected chi connectivity index (χ0v) is 15.3. The van der Waals surface area contributed by atoms with Crippen LogP contribution >= 0.6 is 0 Å². The maximum atomic E-state index is 12.4. The van der Waals surface area contributed by atoms with E-state index < -0.39 is 0 Å². The number of carbonyl (C=O) groups excluding carboxylic acids is 1. The van der Waals surface area contributed by atoms with Crippen LogP contribution in [0.3, 0.4) is 0 Å². The molecule has 7 nitrogen and oxygen atoms in total. The molecule has 0 saturated heterocycles. The molecule has 1 aromatic heterocycles. The van der Waals surface area contributed by atoms with Gasteiger partial charge in [-0.15, -0.1) is 0 Å². The number of nitrogens with one attached hydrogen (secondary N) is 3. The second-order valence-corrected chi connectivity index (χ2v) is 6.88. The van der Waals surface area contributed by atoms with Gasteiger partial charge in [0, 0.05) is 6.54 Å². The molecule has 140 valence electrons. The van der Waals surface area contributed by atoms with Gasteiger partial charge in [-0.1, -0.05) is 32.0 Å². The number of aromatic amines is 1. The Morgan fingerprint density at radius 1 is 1.19 bits per heavy atom. The summed E-state index contributed by atoms with van der Waals surface area (Å²) in [6, 6.07) is 13.0. The van der Waals surface area contributed by atoms with Gasteiger partial charge in [-0.3, -0.25) is 0 Å². The molecule has 0 unspecified atom stereocenters. The summed E-state index contributed by atoms with van der Waals surface area (Å²) in [5, 5.41) is 5.91. The molecule has 0 spiro atoms. The summed E-state index contributed by atoms with van der Waals surface area (Å²) in [4.78, 5) is 20.4. The topological polar surface area (TPSA) is 88.3 Å². The van der Waals surface area contributed by atoms with E-state index in [0.717, 1.165) is 28.2 Å². The minimum Gasteiger partial charge on any atom is -0.454 e. The monoisotopic (exact) mass is 366 g/mol. The van der Waals surface area contributed by atoms with Crippen molar-refractivity contribution in [3.8, 4) is 11.5 Å². The predicted octanol–water partition coefficient (Wildman–Crippen LogP) is 3.49. The fourth-order valence-corrected chi connectivity index (χ4v) is 3.10. The van der Waals surface area contributed by atoms with Crippen LogP contribution in [-0.2, 0) is 6.54 Å². The number of benzene rings is 2. The number of H-pyrrole nitrogens is 1. The molecule has 0 fully saturated rings. The standard InChI is InChI=1S/C20H22N4O3/c1-12(2)18(19-22-14-5-3-4-6-15(14)23-19)24-20(25)21-10-13-7-8-16-17(9-13)27-11-26-16/h3-9,12,18H,10-11H2,1-2H3,(H,22,23)(H2,21,24,25)/t18-/m0/s1. The Balaban J connectivity index is 1.41. The van der Waals surface area contributed by atoms with Crippen LogP contribution in [0.15, 0.2) is 42.5 Å². The molecule has 4 rings (SSSR count). The minimum atomic E-state index is -0.244. The van der Waals surface area contributed by atoms with Gasteiger partial charge in [-0.25, -0.2) is 9.78 Å². The van der Waals surface area contributed by atoms with Crippen LogP contribution in [0.5, 0.6) is 11.5 Å². The van der Waals surface area contributed by atoms with Gasteiger partial charge in [-0.2, -0.15) is 0 Å². The number of para-hydroxylation sites is 2. The van der Waals surface area contributed by atoms with Crippen molar-refractivity contribution in [2.24, 2.45) is 5.92 Å². The van der Waals surface area contributed by atoms with Crippen molar-refractivity contribution >= 4 is 17.1 Å². The molecule has 2 heterocycles. The summed E-state index contributed by atoms with van der Waals surface area (Å²) >= 11 is 0.